The predicted octanol–water partition coefficient (Wildman–Crippen LogP) is -6.65. The van der Waals surface area contributed by atoms with Gasteiger partial charge in [0.05, 0.1) is 55.6 Å². The van der Waals surface area contributed by atoms with Crippen LogP contribution < -0.4 is 48.3 Å². The number of likely N-dealkylation sites (N-methyl/N-ethyl adjacent to an activating group) is 2. The molecule has 7 aliphatic rings. The Labute approximate surface area is 800 Å². The van der Waals surface area contributed by atoms with Gasteiger partial charge in [0.1, 0.15) is 118 Å². The standard InChI is InChI=1S/C37H45F2N7O19S.C30H40F2N6O16S.C11H10N2O6.2CH4/c1-43(24(48)8-10-45-25(49)5-6-26(45)50)14-23(47)41-19-13-18(3-4-20(19)63-33-29(53)27(51)28(52)30(65-33)32(55)56)15-62-36(58)44(11-12-66(2,59)60)17-61-16-21-31(54)37(38,39)34(64-21)46-9-7-22(40)42-35(46)57;1-34-10-19(39)35-15-9-14(3-4-16(15)52-26-22(42)20(40)21(41)23(54-26)25(44)45)11-51-29(47)37(7-8-55(2,48)49)13-50-12-17-24(43)30(31,32)27(53-17)38-6-5-18(33)36-28(38)46;14-7-1-2-8(15)12(7)6-5-11(18)19-13-9(16)3-4-10(13)17;;/h3-7,9,13,21,27-31,33-34,51-54H,8,10-12,14-17H2,1-2H3,(H,41,47)(H,55,56)(H2,40,42,57);3-6,9,17,20-24,26-27,34,40-43H,7-8,10-13H2,1-2H3,(H,35,39)(H,44,45)(H2,33,36,46);1-2H,3-6H2;2*1H4/t21-,27-,28-,29+,30-,31-,33+,34-;17-,20-,21-,22+,23-,24-,26+,27-;;;/m11.../s1. The van der Waals surface area contributed by atoms with Crippen LogP contribution in [0.5, 0.6) is 11.5 Å². The Morgan fingerprint density at radius 2 is 0.923 bits per heavy atom. The number of hydroxylamine groups is 2. The number of carbonyl (C=O) groups excluding carboxylic acids is 12. The summed E-state index contributed by atoms with van der Waals surface area (Å²) in [5.74, 6) is -20.1. The highest BCUT2D eigenvalue weighted by molar-refractivity contribution is 7.90. The molecule has 5 fully saturated rings. The zero-order chi connectivity index (χ0) is 104. The number of aromatic nitrogens is 4. The van der Waals surface area contributed by atoms with Crippen LogP contribution in [0.3, 0.4) is 0 Å². The number of benzene rings is 2. The fourth-order valence-corrected chi connectivity index (χ4v) is 14.4. The van der Waals surface area contributed by atoms with Gasteiger partial charge in [-0.15, -0.1) is 5.06 Å². The predicted molar refractivity (Wildman–Crippen MR) is 464 cm³/mol. The SMILES string of the molecule is C.C.CN(CC(=O)Nc1cc(COC(=O)N(CCS(C)(=O)=O)COC[C@H]2O[C@@H](n3ccc(N)nc3=O)C(F)(F)[C@@H]2O)ccc1O[C@H]1O[C@@H](C(=O)O)[C@H](O)[C@@H](O)[C@@H]1O)C(=O)CCN1C(=O)C=CC1=O.CNCC(=O)Nc1cc(COC(=O)N(CCS(C)(=O)=O)COC[C@H]2O[C@@H](n3ccc(N)nc3=O)C(F)(F)[C@@H]2O)ccc1O[C@H]1O[C@@H](C(=O)O)[C@H](O)[C@@H](O)[C@@H]1O.O=C(CCN1C(=O)C=CC1=O)ON1C(=O)CCC1=O. The molecule has 0 radical (unpaired) electrons. The Balaban J connectivity index is 0.000000324. The Hall–Kier alpha value is -13.3. The van der Waals surface area contributed by atoms with Crippen molar-refractivity contribution in [1.82, 2.24) is 54.0 Å². The van der Waals surface area contributed by atoms with Crippen LogP contribution in [0.15, 0.2) is 94.8 Å². The van der Waals surface area contributed by atoms with E-state index in [1.807, 2.05) is 0 Å². The summed E-state index contributed by atoms with van der Waals surface area (Å²) in [6.45, 7) is -6.58. The van der Waals surface area contributed by atoms with Gasteiger partial charge in [-0.2, -0.15) is 27.5 Å². The number of hydrogen-bond acceptors (Lipinski definition) is 44. The van der Waals surface area contributed by atoms with E-state index in [2.05, 4.69) is 30.8 Å². The molecule has 7 aliphatic heterocycles. The number of nitrogens with two attached hydrogens (primary N) is 2. The van der Waals surface area contributed by atoms with Crippen molar-refractivity contribution in [3.05, 3.63) is 117 Å². The summed E-state index contributed by atoms with van der Waals surface area (Å²) in [4.78, 5) is 208. The number of aliphatic carboxylic acids is 2. The second-order valence-corrected chi connectivity index (χ2v) is 35.9. The van der Waals surface area contributed by atoms with Gasteiger partial charge in [0.2, 0.25) is 42.8 Å². The first-order valence-electron chi connectivity index (χ1n) is 41.1. The number of hydrogen-bond donors (Lipinski definition) is 15. The van der Waals surface area contributed by atoms with Crippen LogP contribution in [0.1, 0.15) is 64.1 Å². The number of aliphatic hydroxyl groups excluding tert-OH is 8. The van der Waals surface area contributed by atoms with Crippen molar-refractivity contribution in [2.45, 2.75) is 164 Å². The third-order valence-electron chi connectivity index (χ3n) is 20.7. The molecule has 11 amide bonds. The first-order valence-corrected chi connectivity index (χ1v) is 45.2. The first-order chi connectivity index (χ1) is 65.6. The lowest BCUT2D eigenvalue weighted by Gasteiger charge is -2.38. The van der Waals surface area contributed by atoms with Crippen LogP contribution >= 0.6 is 0 Å². The molecule has 17 N–H and O–H groups in total. The van der Waals surface area contributed by atoms with E-state index in [-0.39, 0.29) is 106 Å². The van der Waals surface area contributed by atoms with Crippen molar-refractivity contribution in [3.63, 3.8) is 0 Å². The summed E-state index contributed by atoms with van der Waals surface area (Å²) >= 11 is 0. The van der Waals surface area contributed by atoms with E-state index < -0.39 is 295 Å². The summed E-state index contributed by atoms with van der Waals surface area (Å²) in [5, 5.41) is 109. The van der Waals surface area contributed by atoms with E-state index in [0.717, 1.165) is 98.0 Å². The second kappa shape index (κ2) is 49.9. The molecule has 784 valence electrons. The first kappa shape index (κ1) is 116. The van der Waals surface area contributed by atoms with Gasteiger partial charge < -0.3 is 136 Å². The number of aliphatic hydroxyl groups is 8. The minimum absolute atomic E-state index is 0. The summed E-state index contributed by atoms with van der Waals surface area (Å²) in [6, 6.07) is 9.45. The van der Waals surface area contributed by atoms with Crippen molar-refractivity contribution in [2.24, 2.45) is 0 Å². The van der Waals surface area contributed by atoms with Crippen LogP contribution in [-0.2, 0) is 133 Å². The fraction of sp³-hybridized carbons (Fsp3) is 0.525. The Morgan fingerprint density at radius 1 is 0.542 bits per heavy atom. The lowest BCUT2D eigenvalue weighted by Crippen LogP contribution is -2.61. The number of nitrogen functional groups attached to an aromatic ring is 2. The number of halogens is 4. The molecule has 16 atom stereocenters. The highest BCUT2D eigenvalue weighted by atomic mass is 32.2. The van der Waals surface area contributed by atoms with Gasteiger partial charge in [0, 0.05) is 102 Å². The van der Waals surface area contributed by atoms with Gasteiger partial charge >= 0.3 is 53.3 Å². The lowest BCUT2D eigenvalue weighted by molar-refractivity contribution is -0.271. The molecule has 0 aliphatic carbocycles. The molecule has 9 heterocycles. The van der Waals surface area contributed by atoms with E-state index in [1.165, 1.54) is 38.4 Å². The van der Waals surface area contributed by atoms with Gasteiger partial charge in [-0.1, -0.05) is 27.0 Å². The lowest BCUT2D eigenvalue weighted by atomic mass is 9.99. The number of nitrogens with zero attached hydrogens (tertiary/aromatic N) is 10. The van der Waals surface area contributed by atoms with Gasteiger partial charge in [-0.3, -0.25) is 71.9 Å². The van der Waals surface area contributed by atoms with Crippen LogP contribution in [0.25, 0.3) is 0 Å². The number of alkyl halides is 4. The highest BCUT2D eigenvalue weighted by Crippen LogP contribution is 2.44. The molecule has 0 unspecified atom stereocenters. The molecule has 2 aromatic carbocycles. The molecular formula is C80H103F4N15O41S2. The zero-order valence-electron chi connectivity index (χ0n) is 73.6. The Bertz CT molecular complexity index is 5700. The normalized spacial score (nSPS) is 24.2. The zero-order valence-corrected chi connectivity index (χ0v) is 75.3. The molecule has 62 heteroatoms. The summed E-state index contributed by atoms with van der Waals surface area (Å²) in [7, 11) is -4.66. The molecule has 0 bridgehead atoms. The summed E-state index contributed by atoms with van der Waals surface area (Å²) < 4.78 is 162. The maximum atomic E-state index is 15.0. The quantitative estimate of drug-likeness (QED) is 0.0112. The molecule has 4 aromatic rings. The third kappa shape index (κ3) is 30.4. The molecule has 142 heavy (non-hydrogen) atoms. The number of carboxylic acid groups (broad SMARTS) is 2. The molecule has 5 saturated heterocycles. The number of sulfone groups is 2. The average Bonchev–Trinajstić information content (AvgIpc) is 1.61. The van der Waals surface area contributed by atoms with E-state index in [1.54, 1.807) is 0 Å². The number of rotatable bonds is 39. The molecular weight excluding hydrogens is 1970 g/mol. The molecule has 56 nitrogen and oxygen atoms in total. The van der Waals surface area contributed by atoms with Crippen molar-refractivity contribution < 1.29 is 205 Å². The Kier molecular flexibility index (Phi) is 40.6. The van der Waals surface area contributed by atoms with E-state index in [0.29, 0.717) is 14.2 Å². The van der Waals surface area contributed by atoms with Gasteiger partial charge in [0.15, 0.2) is 24.4 Å². The van der Waals surface area contributed by atoms with Crippen molar-refractivity contribution >= 4 is 126 Å². The smallest absolute Gasteiger partial charge is 0.411 e. The number of carbonyl (C=O) groups is 14. The van der Waals surface area contributed by atoms with Crippen LogP contribution in [0.2, 0.25) is 0 Å². The number of imide groups is 3. The Morgan fingerprint density at radius 3 is 1.29 bits per heavy atom. The van der Waals surface area contributed by atoms with Crippen molar-refractivity contribution in [2.75, 3.05) is 126 Å². The minimum Gasteiger partial charge on any atom is -0.479 e. The van der Waals surface area contributed by atoms with Gasteiger partial charge in [-0.05, 0) is 54.6 Å². The van der Waals surface area contributed by atoms with Crippen molar-refractivity contribution in [3.8, 4) is 11.5 Å². The number of ether oxygens (including phenoxy) is 10. The number of anilines is 4. The number of amides is 11. The molecule has 11 rings (SSSR count). The fourth-order valence-electron chi connectivity index (χ4n) is 13.3. The van der Waals surface area contributed by atoms with Crippen LogP contribution in [-0.4, -0.2) is 402 Å². The number of carboxylic acids is 2. The summed E-state index contributed by atoms with van der Waals surface area (Å²) in [5.41, 5.74) is 8.33. The van der Waals surface area contributed by atoms with Gasteiger partial charge in [0.25, 0.3) is 35.4 Å². The average molecular weight is 2070 g/mol. The summed E-state index contributed by atoms with van der Waals surface area (Å²) in [6.07, 6.45) is -28.2. The highest BCUT2D eigenvalue weighted by Gasteiger charge is 2.61. The van der Waals surface area contributed by atoms with E-state index in [9.17, 15) is 153 Å². The van der Waals surface area contributed by atoms with Crippen molar-refractivity contribution in [1.29, 1.82) is 0 Å². The van der Waals surface area contributed by atoms with Crippen LogP contribution in [0, 0.1) is 0 Å². The van der Waals surface area contributed by atoms with Gasteiger partial charge in [-0.25, -0.2) is 50.4 Å². The molecule has 2 aromatic heterocycles. The topological polar surface area (TPSA) is 788 Å². The minimum atomic E-state index is -4.04. The molecule has 0 spiro atoms. The third-order valence-corrected chi connectivity index (χ3v) is 22.6. The van der Waals surface area contributed by atoms with E-state index in [4.69, 9.17) is 58.8 Å². The van der Waals surface area contributed by atoms with E-state index >= 15 is 8.78 Å². The maximum absolute atomic E-state index is 15.0. The van der Waals surface area contributed by atoms with Crippen LogP contribution in [0.4, 0.5) is 50.2 Å². The second-order valence-electron chi connectivity index (χ2n) is 31.4. The maximum Gasteiger partial charge on any atom is 0.411 e. The largest absolute Gasteiger partial charge is 0.479 e. The molecule has 0 saturated carbocycles. The monoisotopic (exact) mass is 2070 g/mol. The number of nitrogens with one attached hydrogen (secondary N) is 3.